The number of carbonyl (C=O) groups excluding carboxylic acids is 1. The third-order valence-corrected chi connectivity index (χ3v) is 5.34. The first-order valence-corrected chi connectivity index (χ1v) is 8.88. The van der Waals surface area contributed by atoms with Crippen LogP contribution in [0.15, 0.2) is 16.7 Å². The fourth-order valence-corrected chi connectivity index (χ4v) is 3.87. The Hall–Kier alpha value is -1.66. The second kappa shape index (κ2) is 7.27. The molecule has 1 amide bonds. The summed E-state index contributed by atoms with van der Waals surface area (Å²) < 4.78 is 10.8. The van der Waals surface area contributed by atoms with Crippen molar-refractivity contribution in [2.24, 2.45) is 0 Å². The monoisotopic (exact) mass is 334 g/mol. The molecular weight excluding hydrogens is 312 g/mol. The van der Waals surface area contributed by atoms with Crippen molar-refractivity contribution in [1.29, 1.82) is 0 Å². The molecule has 0 bridgehead atoms. The molecule has 1 aliphatic rings. The number of aromatic nitrogens is 1. The Kier molecular flexibility index (Phi) is 5.13. The smallest absolute Gasteiger partial charge is 0.261 e. The van der Waals surface area contributed by atoms with E-state index in [9.17, 15) is 4.79 Å². The van der Waals surface area contributed by atoms with Crippen LogP contribution in [0.25, 0.3) is 0 Å². The van der Waals surface area contributed by atoms with Gasteiger partial charge in [-0.05, 0) is 51.7 Å². The summed E-state index contributed by atoms with van der Waals surface area (Å²) in [6.07, 6.45) is 4.08. The van der Waals surface area contributed by atoms with Crippen molar-refractivity contribution in [3.05, 3.63) is 38.9 Å². The third kappa shape index (κ3) is 3.82. The van der Waals surface area contributed by atoms with Gasteiger partial charge in [0.15, 0.2) is 0 Å². The highest BCUT2D eigenvalue weighted by Crippen LogP contribution is 2.33. The molecular formula is C17H22N2O3S. The summed E-state index contributed by atoms with van der Waals surface area (Å²) >= 11 is 1.54. The zero-order valence-electron chi connectivity index (χ0n) is 13.6. The molecule has 1 atom stereocenters. The molecule has 1 fully saturated rings. The molecule has 3 heterocycles. The summed E-state index contributed by atoms with van der Waals surface area (Å²) in [5, 5.41) is 6.93. The van der Waals surface area contributed by atoms with E-state index < -0.39 is 0 Å². The molecule has 1 unspecified atom stereocenters. The number of nitrogens with zero attached hydrogens (tertiary/aromatic N) is 1. The van der Waals surface area contributed by atoms with Gasteiger partial charge in [-0.2, -0.15) is 0 Å². The van der Waals surface area contributed by atoms with Crippen LogP contribution < -0.4 is 5.32 Å². The van der Waals surface area contributed by atoms with Crippen molar-refractivity contribution in [3.8, 4) is 0 Å². The minimum atomic E-state index is -0.00184. The minimum absolute atomic E-state index is 0.00184. The molecule has 0 spiro atoms. The maximum atomic E-state index is 12.2. The summed E-state index contributed by atoms with van der Waals surface area (Å²) in [4.78, 5) is 14.1. The lowest BCUT2D eigenvalue weighted by atomic mass is 10.1. The van der Waals surface area contributed by atoms with Crippen LogP contribution in [0.3, 0.4) is 0 Å². The Morgan fingerprint density at radius 1 is 1.43 bits per heavy atom. The topological polar surface area (TPSA) is 64.4 Å². The van der Waals surface area contributed by atoms with Gasteiger partial charge in [0.25, 0.3) is 5.91 Å². The van der Waals surface area contributed by atoms with Gasteiger partial charge in [0.1, 0.15) is 5.76 Å². The van der Waals surface area contributed by atoms with E-state index in [0.29, 0.717) is 6.54 Å². The van der Waals surface area contributed by atoms with Crippen molar-refractivity contribution in [2.45, 2.75) is 45.6 Å². The number of rotatable bonds is 6. The van der Waals surface area contributed by atoms with E-state index in [1.165, 1.54) is 11.3 Å². The summed E-state index contributed by atoms with van der Waals surface area (Å²) in [6.45, 7) is 5.34. The molecule has 0 saturated carbocycles. The number of ether oxygens (including phenoxy) is 1. The SMILES string of the molecule is Cc1noc(C)c1CCCNC(=O)c1ccc(C2CCCO2)s1. The largest absolute Gasteiger partial charge is 0.373 e. The van der Waals surface area contributed by atoms with Crippen molar-refractivity contribution in [2.75, 3.05) is 13.2 Å². The molecule has 1 N–H and O–H groups in total. The van der Waals surface area contributed by atoms with Gasteiger partial charge >= 0.3 is 0 Å². The number of aryl methyl sites for hydroxylation is 2. The maximum absolute atomic E-state index is 12.2. The normalized spacial score (nSPS) is 17.6. The first kappa shape index (κ1) is 16.2. The van der Waals surface area contributed by atoms with Crippen molar-refractivity contribution < 1.29 is 14.1 Å². The number of hydrogen-bond acceptors (Lipinski definition) is 5. The van der Waals surface area contributed by atoms with Gasteiger partial charge in [-0.3, -0.25) is 4.79 Å². The molecule has 2 aromatic heterocycles. The first-order valence-electron chi connectivity index (χ1n) is 8.06. The van der Waals surface area contributed by atoms with Crippen LogP contribution in [-0.2, 0) is 11.2 Å². The summed E-state index contributed by atoms with van der Waals surface area (Å²) in [5.41, 5.74) is 2.09. The Balaban J connectivity index is 1.46. The van der Waals surface area contributed by atoms with Crippen LogP contribution in [0.2, 0.25) is 0 Å². The lowest BCUT2D eigenvalue weighted by Crippen LogP contribution is -2.23. The number of carbonyl (C=O) groups is 1. The van der Waals surface area contributed by atoms with E-state index in [1.807, 2.05) is 26.0 Å². The number of amides is 1. The van der Waals surface area contributed by atoms with Gasteiger partial charge in [0.2, 0.25) is 0 Å². The molecule has 1 aliphatic heterocycles. The van der Waals surface area contributed by atoms with Gasteiger partial charge in [-0.25, -0.2) is 0 Å². The van der Waals surface area contributed by atoms with Crippen LogP contribution in [0, 0.1) is 13.8 Å². The van der Waals surface area contributed by atoms with Crippen LogP contribution >= 0.6 is 11.3 Å². The molecule has 3 rings (SSSR count). The zero-order chi connectivity index (χ0) is 16.2. The molecule has 1 saturated heterocycles. The molecule has 23 heavy (non-hydrogen) atoms. The first-order chi connectivity index (χ1) is 11.1. The second-order valence-corrected chi connectivity index (χ2v) is 6.98. The lowest BCUT2D eigenvalue weighted by Gasteiger charge is -2.05. The van der Waals surface area contributed by atoms with Crippen molar-refractivity contribution >= 4 is 17.2 Å². The quantitative estimate of drug-likeness (QED) is 0.820. The minimum Gasteiger partial charge on any atom is -0.373 e. The van der Waals surface area contributed by atoms with Crippen LogP contribution in [0.5, 0.6) is 0 Å². The fraction of sp³-hybridized carbons (Fsp3) is 0.529. The molecule has 2 aromatic rings. The van der Waals surface area contributed by atoms with Crippen molar-refractivity contribution in [1.82, 2.24) is 10.5 Å². The number of thiophene rings is 1. The third-order valence-electron chi connectivity index (χ3n) is 4.17. The number of hydrogen-bond donors (Lipinski definition) is 1. The molecule has 0 aliphatic carbocycles. The average molecular weight is 334 g/mol. The Labute approximate surface area is 140 Å². The molecule has 0 radical (unpaired) electrons. The molecule has 6 heteroatoms. The van der Waals surface area contributed by atoms with Crippen LogP contribution in [0.1, 0.15) is 56.9 Å². The van der Waals surface area contributed by atoms with E-state index in [-0.39, 0.29) is 12.0 Å². The van der Waals surface area contributed by atoms with Crippen LogP contribution in [0.4, 0.5) is 0 Å². The standard InChI is InChI=1S/C17H22N2O3S/c1-11-13(12(2)22-19-11)5-3-9-18-17(20)16-8-7-15(23-16)14-6-4-10-21-14/h7-8,14H,3-6,9-10H2,1-2H3,(H,18,20). The predicted molar refractivity (Wildman–Crippen MR) is 88.9 cm³/mol. The Morgan fingerprint density at radius 3 is 3.00 bits per heavy atom. The molecule has 124 valence electrons. The second-order valence-electron chi connectivity index (χ2n) is 5.87. The maximum Gasteiger partial charge on any atom is 0.261 e. The van der Waals surface area contributed by atoms with Crippen LogP contribution in [-0.4, -0.2) is 24.2 Å². The molecule has 5 nitrogen and oxygen atoms in total. The summed E-state index contributed by atoms with van der Waals surface area (Å²) in [5.74, 6) is 0.867. The highest BCUT2D eigenvalue weighted by Gasteiger charge is 2.20. The Morgan fingerprint density at radius 2 is 2.30 bits per heavy atom. The fourth-order valence-electron chi connectivity index (χ4n) is 2.86. The van der Waals surface area contributed by atoms with E-state index in [1.54, 1.807) is 0 Å². The summed E-state index contributed by atoms with van der Waals surface area (Å²) in [6, 6.07) is 3.91. The molecule has 0 aromatic carbocycles. The highest BCUT2D eigenvalue weighted by molar-refractivity contribution is 7.14. The predicted octanol–water partition coefficient (Wildman–Crippen LogP) is 3.57. The zero-order valence-corrected chi connectivity index (χ0v) is 14.4. The van der Waals surface area contributed by atoms with E-state index in [4.69, 9.17) is 9.26 Å². The summed E-state index contributed by atoms with van der Waals surface area (Å²) in [7, 11) is 0. The highest BCUT2D eigenvalue weighted by atomic mass is 32.1. The van der Waals surface area contributed by atoms with E-state index in [2.05, 4.69) is 10.5 Å². The van der Waals surface area contributed by atoms with Gasteiger partial charge < -0.3 is 14.6 Å². The van der Waals surface area contributed by atoms with Gasteiger partial charge in [-0.15, -0.1) is 11.3 Å². The van der Waals surface area contributed by atoms with E-state index in [0.717, 1.165) is 59.1 Å². The van der Waals surface area contributed by atoms with Gasteiger partial charge in [0.05, 0.1) is 16.7 Å². The average Bonchev–Trinajstić information content (AvgIpc) is 3.26. The van der Waals surface area contributed by atoms with Gasteiger partial charge in [-0.1, -0.05) is 5.16 Å². The lowest BCUT2D eigenvalue weighted by molar-refractivity contribution is 0.0957. The van der Waals surface area contributed by atoms with Gasteiger partial charge in [0, 0.05) is 23.6 Å². The number of nitrogens with one attached hydrogen (secondary N) is 1. The van der Waals surface area contributed by atoms with E-state index >= 15 is 0 Å². The Bertz CT molecular complexity index is 652. The van der Waals surface area contributed by atoms with Crippen molar-refractivity contribution in [3.63, 3.8) is 0 Å².